The highest BCUT2D eigenvalue weighted by Gasteiger charge is 2.26. The summed E-state index contributed by atoms with van der Waals surface area (Å²) in [5, 5.41) is 82.3. The topological polar surface area (TPSA) is 247 Å². The molecule has 0 aromatic carbocycles. The molecule has 4 aliphatic rings. The van der Waals surface area contributed by atoms with Crippen molar-refractivity contribution in [2.45, 2.75) is 180 Å². The van der Waals surface area contributed by atoms with Crippen molar-refractivity contribution in [2.75, 3.05) is 26.4 Å². The van der Waals surface area contributed by atoms with Gasteiger partial charge in [-0.25, -0.2) is 19.6 Å². The predicted molar refractivity (Wildman–Crippen MR) is 224 cm³/mol. The van der Waals surface area contributed by atoms with Gasteiger partial charge in [0.25, 0.3) is 0 Å². The molecule has 0 radical (unpaired) electrons. The minimum Gasteiger partial charge on any atom is -0.437 e. The van der Waals surface area contributed by atoms with Crippen LogP contribution in [0, 0.1) is 23.7 Å². The van der Waals surface area contributed by atoms with Gasteiger partial charge in [-0.05, 0) is 152 Å². The molecule has 328 valence electrons. The van der Waals surface area contributed by atoms with Crippen LogP contribution in [0.1, 0.15) is 128 Å². The lowest BCUT2D eigenvalue weighted by Crippen LogP contribution is -2.42. The molecule has 8 atom stereocenters. The molecular formula is C36H80B4N4O12. The fourth-order valence-corrected chi connectivity index (χ4v) is 9.06. The quantitative estimate of drug-likeness (QED) is 0.0460. The van der Waals surface area contributed by atoms with E-state index in [-0.39, 0.29) is 0 Å². The number of rotatable bonds is 20. The van der Waals surface area contributed by atoms with Crippen molar-refractivity contribution in [3.63, 3.8) is 0 Å². The zero-order valence-electron chi connectivity index (χ0n) is 35.1. The van der Waals surface area contributed by atoms with E-state index in [0.29, 0.717) is 74.3 Å². The minimum absolute atomic E-state index is 0.423. The highest BCUT2D eigenvalue weighted by atomic mass is 17.1. The summed E-state index contributed by atoms with van der Waals surface area (Å²) in [6, 6.07) is 1.69. The van der Waals surface area contributed by atoms with Gasteiger partial charge >= 0.3 is 28.2 Å². The molecule has 4 fully saturated rings. The SMILES string of the molecule is CB(O)N[C@@H]1CCC[C@@H](CCOO)C1.CB(O)N[C@@H]1CCC[C@H](CCOO)C1.CB(O)N[C@H]1CCC[C@@H](CCOO)C1.CB(O)N[C@H]1CCC[C@H](CCOO)C1. The van der Waals surface area contributed by atoms with E-state index in [4.69, 9.17) is 21.0 Å². The van der Waals surface area contributed by atoms with Gasteiger partial charge in [0.05, 0.1) is 26.4 Å². The number of hydrogen-bond acceptors (Lipinski definition) is 16. The zero-order valence-corrected chi connectivity index (χ0v) is 35.1. The molecule has 4 aliphatic carbocycles. The average Bonchev–Trinajstić information content (AvgIpc) is 3.15. The van der Waals surface area contributed by atoms with Gasteiger partial charge in [0.15, 0.2) is 0 Å². The summed E-state index contributed by atoms with van der Waals surface area (Å²) < 4.78 is 0. The lowest BCUT2D eigenvalue weighted by Gasteiger charge is -2.30. The third kappa shape index (κ3) is 28.9. The third-order valence-electron chi connectivity index (χ3n) is 11.5. The lowest BCUT2D eigenvalue weighted by atomic mass is 9.79. The Morgan fingerprint density at radius 1 is 0.375 bits per heavy atom. The first kappa shape index (κ1) is 53.6. The normalized spacial score (nSPS) is 27.6. The second kappa shape index (κ2) is 34.3. The first-order valence-corrected chi connectivity index (χ1v) is 21.7. The van der Waals surface area contributed by atoms with Crippen LogP contribution in [-0.2, 0) is 19.6 Å². The smallest absolute Gasteiger partial charge is 0.373 e. The maximum atomic E-state index is 9.19. The largest absolute Gasteiger partial charge is 0.437 e. The van der Waals surface area contributed by atoms with Crippen LogP contribution in [0.5, 0.6) is 0 Å². The van der Waals surface area contributed by atoms with Crippen LogP contribution in [0.2, 0.25) is 27.3 Å². The number of hydrogen-bond donors (Lipinski definition) is 12. The van der Waals surface area contributed by atoms with Gasteiger partial charge in [0, 0.05) is 0 Å². The summed E-state index contributed by atoms with van der Waals surface area (Å²) in [4.78, 5) is 16.4. The molecular weight excluding hydrogens is 724 g/mol. The number of nitrogens with one attached hydrogen (secondary N) is 4. The lowest BCUT2D eigenvalue weighted by molar-refractivity contribution is -0.244. The summed E-state index contributed by atoms with van der Waals surface area (Å²) in [6.07, 6.45) is 22.1. The molecule has 0 aromatic heterocycles. The van der Waals surface area contributed by atoms with Crippen molar-refractivity contribution in [3.8, 4) is 0 Å². The van der Waals surface area contributed by atoms with Gasteiger partial charge in [0.2, 0.25) is 0 Å². The molecule has 20 heteroatoms. The van der Waals surface area contributed by atoms with Crippen molar-refractivity contribution in [1.29, 1.82) is 0 Å². The van der Waals surface area contributed by atoms with Gasteiger partial charge in [-0.2, -0.15) is 0 Å². The summed E-state index contributed by atoms with van der Waals surface area (Å²) in [7, 11) is -1.69. The van der Waals surface area contributed by atoms with Crippen LogP contribution in [0.25, 0.3) is 0 Å². The van der Waals surface area contributed by atoms with Crippen molar-refractivity contribution in [2.24, 2.45) is 23.7 Å². The molecule has 4 saturated carbocycles. The first-order chi connectivity index (χ1) is 26.9. The summed E-state index contributed by atoms with van der Waals surface area (Å²) in [5.41, 5.74) is 0. The van der Waals surface area contributed by atoms with Gasteiger partial charge in [0.1, 0.15) is 0 Å². The molecule has 16 nitrogen and oxygen atoms in total. The highest BCUT2D eigenvalue weighted by molar-refractivity contribution is 6.46. The van der Waals surface area contributed by atoms with Crippen LogP contribution in [0.4, 0.5) is 0 Å². The van der Waals surface area contributed by atoms with Gasteiger partial charge < -0.3 is 41.0 Å². The van der Waals surface area contributed by atoms with Crippen LogP contribution in [-0.4, -0.2) is 120 Å². The van der Waals surface area contributed by atoms with E-state index >= 15 is 0 Å². The summed E-state index contributed by atoms with van der Waals surface area (Å²) in [6.45, 7) is 8.69. The Kier molecular flexibility index (Phi) is 32.9. The molecule has 4 rings (SSSR count). The summed E-state index contributed by atoms with van der Waals surface area (Å²) >= 11 is 0. The fourth-order valence-electron chi connectivity index (χ4n) is 9.06. The molecule has 0 aliphatic heterocycles. The van der Waals surface area contributed by atoms with E-state index in [2.05, 4.69) is 40.5 Å². The second-order valence-corrected chi connectivity index (χ2v) is 16.8. The maximum absolute atomic E-state index is 9.19. The van der Waals surface area contributed by atoms with Crippen LogP contribution in [0.15, 0.2) is 0 Å². The monoisotopic (exact) mass is 805 g/mol. The van der Waals surface area contributed by atoms with E-state index in [1.165, 1.54) is 51.4 Å². The molecule has 0 spiro atoms. The van der Waals surface area contributed by atoms with Crippen LogP contribution < -0.4 is 20.9 Å². The average molecular weight is 804 g/mol. The molecule has 56 heavy (non-hydrogen) atoms. The van der Waals surface area contributed by atoms with Gasteiger partial charge in [-0.3, -0.25) is 21.0 Å². The fraction of sp³-hybridized carbons (Fsp3) is 1.00. The summed E-state index contributed by atoms with van der Waals surface area (Å²) in [5.74, 6) is 2.47. The van der Waals surface area contributed by atoms with Crippen LogP contribution >= 0.6 is 0 Å². The first-order valence-electron chi connectivity index (χ1n) is 21.7. The Balaban J connectivity index is 0.000000373. The van der Waals surface area contributed by atoms with Crippen molar-refractivity contribution in [3.05, 3.63) is 0 Å². The molecule has 0 bridgehead atoms. The van der Waals surface area contributed by atoms with Gasteiger partial charge in [-0.1, -0.05) is 51.4 Å². The third-order valence-corrected chi connectivity index (χ3v) is 11.5. The van der Waals surface area contributed by atoms with E-state index in [1.54, 1.807) is 27.3 Å². The second-order valence-electron chi connectivity index (χ2n) is 16.8. The van der Waals surface area contributed by atoms with Crippen molar-refractivity contribution < 1.29 is 60.7 Å². The van der Waals surface area contributed by atoms with Crippen molar-refractivity contribution >= 4 is 28.2 Å². The zero-order chi connectivity index (χ0) is 41.6. The Hall–Kier alpha value is -0.380. The molecule has 0 heterocycles. The Morgan fingerprint density at radius 2 is 0.571 bits per heavy atom. The van der Waals surface area contributed by atoms with E-state index in [9.17, 15) is 20.1 Å². The van der Waals surface area contributed by atoms with Crippen LogP contribution in [0.3, 0.4) is 0 Å². The van der Waals surface area contributed by atoms with Gasteiger partial charge in [-0.15, -0.1) is 0 Å². The Labute approximate surface area is 339 Å². The highest BCUT2D eigenvalue weighted by Crippen LogP contribution is 2.29. The van der Waals surface area contributed by atoms with E-state index in [1.807, 2.05) is 0 Å². The van der Waals surface area contributed by atoms with E-state index in [0.717, 1.165) is 77.0 Å². The standard InChI is InChI=1S/4C9H20BNO3/c4*1-10(12)11-9-4-2-3-8(7-9)5-6-14-13/h4*8-9,11-13H,2-7H2,1H3/t2*8-,9+;2*8-,9-/m1010/s1. The maximum Gasteiger partial charge on any atom is 0.373 e. The van der Waals surface area contributed by atoms with Crippen molar-refractivity contribution in [1.82, 2.24) is 20.9 Å². The minimum atomic E-state index is -0.423. The molecule has 0 unspecified atom stereocenters. The van der Waals surface area contributed by atoms with E-state index < -0.39 is 28.2 Å². The Morgan fingerprint density at radius 3 is 0.732 bits per heavy atom. The molecule has 0 saturated heterocycles. The molecule has 0 aromatic rings. The molecule has 0 amide bonds. The molecule has 12 N–H and O–H groups in total. The predicted octanol–water partition coefficient (Wildman–Crippen LogP) is 4.50. The Bertz CT molecular complexity index is 764.